The summed E-state index contributed by atoms with van der Waals surface area (Å²) in [4.78, 5) is 0. The molecule has 0 heterocycles. The zero-order chi connectivity index (χ0) is 6.41. The second kappa shape index (κ2) is 5.67. The average molecular weight is 167 g/mol. The van der Waals surface area contributed by atoms with E-state index in [0.717, 1.165) is 12.5 Å². The predicted octanol–water partition coefficient (Wildman–Crippen LogP) is 2.45. The molecule has 0 nitrogen and oxygen atoms in total. The van der Waals surface area contributed by atoms with Gasteiger partial charge in [0.25, 0.3) is 0 Å². The monoisotopic (exact) mass is 166 g/mol. The Balaban J connectivity index is 2.81. The van der Waals surface area contributed by atoms with Crippen molar-refractivity contribution in [2.75, 3.05) is 0 Å². The molecule has 0 saturated carbocycles. The van der Waals surface area contributed by atoms with Gasteiger partial charge >= 0.3 is 0 Å². The Bertz CT molecular complexity index is 63.4. The number of halogens is 2. The maximum atomic E-state index is 5.46. The van der Waals surface area contributed by atoms with Crippen molar-refractivity contribution in [1.29, 1.82) is 0 Å². The molecule has 0 fully saturated rings. The first kappa shape index (κ1) is 8.54. The van der Waals surface area contributed by atoms with Crippen LogP contribution >= 0.6 is 23.2 Å². The summed E-state index contributed by atoms with van der Waals surface area (Å²) in [6, 6.07) is 1.07. The molecule has 46 valence electrons. The van der Waals surface area contributed by atoms with E-state index in [4.69, 9.17) is 23.2 Å². The Kier molecular flexibility index (Phi) is 6.05. The highest BCUT2D eigenvalue weighted by molar-refractivity contribution is 6.68. The normalized spacial score (nSPS) is 9.88. The van der Waals surface area contributed by atoms with Crippen LogP contribution in [0.4, 0.5) is 0 Å². The van der Waals surface area contributed by atoms with Gasteiger partial charge in [-0.3, -0.25) is 0 Å². The second-order valence-corrected chi connectivity index (χ2v) is 4.65. The zero-order valence-electron chi connectivity index (χ0n) is 4.53. The summed E-state index contributed by atoms with van der Waals surface area (Å²) in [5.41, 5.74) is 0. The van der Waals surface area contributed by atoms with Gasteiger partial charge in [0.15, 0.2) is 0 Å². The maximum absolute atomic E-state index is 5.46. The molecule has 0 aromatic carbocycles. The van der Waals surface area contributed by atoms with Gasteiger partial charge < -0.3 is 0 Å². The van der Waals surface area contributed by atoms with Crippen molar-refractivity contribution >= 4 is 32.7 Å². The van der Waals surface area contributed by atoms with E-state index in [1.807, 2.05) is 6.08 Å². The van der Waals surface area contributed by atoms with Crippen molar-refractivity contribution in [3.8, 4) is 0 Å². The summed E-state index contributed by atoms with van der Waals surface area (Å²) in [6.07, 6.45) is 2.90. The fraction of sp³-hybridized carbons (Fsp3) is 0.600. The minimum absolute atomic E-state index is 0.171. The number of allylic oxidation sites excluding steroid dienone is 1. The molecule has 0 aliphatic heterocycles. The molecule has 0 aliphatic rings. The van der Waals surface area contributed by atoms with Crippen LogP contribution in [0.2, 0.25) is 6.04 Å². The highest BCUT2D eigenvalue weighted by Gasteiger charge is 1.96. The van der Waals surface area contributed by atoms with E-state index in [1.165, 1.54) is 0 Å². The lowest BCUT2D eigenvalue weighted by Crippen LogP contribution is -1.98. The van der Waals surface area contributed by atoms with E-state index in [9.17, 15) is 0 Å². The quantitative estimate of drug-likeness (QED) is 0.261. The van der Waals surface area contributed by atoms with Gasteiger partial charge in [-0.05, 0) is 6.42 Å². The molecule has 3 heteroatoms. The lowest BCUT2D eigenvalue weighted by atomic mass is 10.5. The second-order valence-electron chi connectivity index (χ2n) is 1.33. The van der Waals surface area contributed by atoms with E-state index >= 15 is 0 Å². The van der Waals surface area contributed by atoms with E-state index in [2.05, 4.69) is 6.58 Å². The Hall–Kier alpha value is 0.537. The van der Waals surface area contributed by atoms with E-state index in [1.54, 1.807) is 0 Å². The minimum Gasteiger partial charge on any atom is -0.110 e. The molecule has 0 aromatic heterocycles. The van der Waals surface area contributed by atoms with Crippen molar-refractivity contribution in [3.05, 3.63) is 12.7 Å². The standard InChI is InChI=1S/C5H8Cl2Si/c1-2-3-4-8-5(6)7/h2,5H,1,3-4H2. The third-order valence-corrected chi connectivity index (χ3v) is 2.46. The van der Waals surface area contributed by atoms with Gasteiger partial charge in [-0.1, -0.05) is 12.1 Å². The van der Waals surface area contributed by atoms with Crippen molar-refractivity contribution < 1.29 is 0 Å². The molecule has 0 aliphatic carbocycles. The smallest absolute Gasteiger partial charge is 0.0929 e. The molecule has 0 atom stereocenters. The van der Waals surface area contributed by atoms with E-state index < -0.39 is 0 Å². The Morgan fingerprint density at radius 2 is 2.25 bits per heavy atom. The third kappa shape index (κ3) is 6.54. The first-order valence-electron chi connectivity index (χ1n) is 2.40. The number of rotatable bonds is 4. The summed E-state index contributed by atoms with van der Waals surface area (Å²) >= 11 is 10.9. The van der Waals surface area contributed by atoms with Crippen molar-refractivity contribution in [3.63, 3.8) is 0 Å². The number of hydrogen-bond donors (Lipinski definition) is 0. The highest BCUT2D eigenvalue weighted by Crippen LogP contribution is 2.02. The van der Waals surface area contributed by atoms with Gasteiger partial charge in [-0.25, -0.2) is 0 Å². The van der Waals surface area contributed by atoms with Crippen molar-refractivity contribution in [2.45, 2.75) is 16.9 Å². The Morgan fingerprint density at radius 1 is 1.62 bits per heavy atom. The summed E-state index contributed by atoms with van der Waals surface area (Å²) in [7, 11) is 0.655. The first-order valence-corrected chi connectivity index (χ1v) is 4.55. The molecule has 0 N–H and O–H groups in total. The molecule has 0 amide bonds. The van der Waals surface area contributed by atoms with Gasteiger partial charge in [0.05, 0.1) is 14.0 Å². The Labute approximate surface area is 62.7 Å². The molecule has 0 bridgehead atoms. The average Bonchev–Trinajstić information content (AvgIpc) is 1.66. The van der Waals surface area contributed by atoms with E-state index in [0.29, 0.717) is 9.52 Å². The van der Waals surface area contributed by atoms with Crippen LogP contribution in [0.15, 0.2) is 12.7 Å². The SMILES string of the molecule is C=CCC[Si]C(Cl)Cl. The van der Waals surface area contributed by atoms with Crippen molar-refractivity contribution in [1.82, 2.24) is 0 Å². The van der Waals surface area contributed by atoms with Gasteiger partial charge in [0, 0.05) is 0 Å². The van der Waals surface area contributed by atoms with Gasteiger partial charge in [0.2, 0.25) is 0 Å². The molecule has 0 spiro atoms. The topological polar surface area (TPSA) is 0 Å². The first-order chi connectivity index (χ1) is 3.77. The molecule has 8 heavy (non-hydrogen) atoms. The van der Waals surface area contributed by atoms with Crippen LogP contribution in [0, 0.1) is 0 Å². The predicted molar refractivity (Wildman–Crippen MR) is 40.9 cm³/mol. The zero-order valence-corrected chi connectivity index (χ0v) is 7.04. The van der Waals surface area contributed by atoms with Gasteiger partial charge in [-0.2, -0.15) is 0 Å². The summed E-state index contributed by atoms with van der Waals surface area (Å²) < 4.78 is -0.171. The fourth-order valence-electron chi connectivity index (χ4n) is 0.295. The summed E-state index contributed by atoms with van der Waals surface area (Å²) in [5, 5.41) is 0. The minimum atomic E-state index is -0.171. The molecule has 0 unspecified atom stereocenters. The van der Waals surface area contributed by atoms with Crippen LogP contribution in [0.25, 0.3) is 0 Å². The number of hydrogen-bond acceptors (Lipinski definition) is 0. The molecular weight excluding hydrogens is 159 g/mol. The molecule has 0 rings (SSSR count). The van der Waals surface area contributed by atoms with Crippen LogP contribution in [0.3, 0.4) is 0 Å². The fourth-order valence-corrected chi connectivity index (χ4v) is 1.54. The van der Waals surface area contributed by atoms with Crippen LogP contribution in [0.5, 0.6) is 0 Å². The summed E-state index contributed by atoms with van der Waals surface area (Å²) in [6.45, 7) is 3.58. The van der Waals surface area contributed by atoms with Crippen LogP contribution < -0.4 is 0 Å². The number of alkyl halides is 2. The van der Waals surface area contributed by atoms with Crippen LogP contribution in [-0.2, 0) is 0 Å². The van der Waals surface area contributed by atoms with Crippen molar-refractivity contribution in [2.24, 2.45) is 0 Å². The molecule has 2 radical (unpaired) electrons. The van der Waals surface area contributed by atoms with Gasteiger partial charge in [0.1, 0.15) is 0 Å². The van der Waals surface area contributed by atoms with E-state index in [-0.39, 0.29) is 4.46 Å². The lowest BCUT2D eigenvalue weighted by molar-refractivity contribution is 1.20. The Morgan fingerprint density at radius 3 is 2.62 bits per heavy atom. The molecular formula is C5H8Cl2Si. The van der Waals surface area contributed by atoms with Crippen LogP contribution in [0.1, 0.15) is 6.42 Å². The lowest BCUT2D eigenvalue weighted by Gasteiger charge is -1.93. The maximum Gasteiger partial charge on any atom is 0.0929 e. The van der Waals surface area contributed by atoms with Gasteiger partial charge in [-0.15, -0.1) is 29.8 Å². The van der Waals surface area contributed by atoms with Crippen LogP contribution in [-0.4, -0.2) is 14.0 Å². The molecule has 0 aromatic rings. The third-order valence-electron chi connectivity index (χ3n) is 0.647. The molecule has 0 saturated heterocycles. The highest BCUT2D eigenvalue weighted by atomic mass is 35.5. The summed E-state index contributed by atoms with van der Waals surface area (Å²) in [5.74, 6) is 0. The largest absolute Gasteiger partial charge is 0.110 e.